The van der Waals surface area contributed by atoms with Crippen LogP contribution in [0.25, 0.3) is 22.4 Å². The largest absolute Gasteiger partial charge is 0.469 e. The van der Waals surface area contributed by atoms with Crippen LogP contribution in [0.4, 0.5) is 0 Å². The van der Waals surface area contributed by atoms with Gasteiger partial charge in [0.25, 0.3) is 5.91 Å². The number of aromatic nitrogens is 3. The van der Waals surface area contributed by atoms with Crippen molar-refractivity contribution >= 4 is 28.7 Å². The minimum Gasteiger partial charge on any atom is -0.469 e. The Balaban J connectivity index is 1.70. The van der Waals surface area contributed by atoms with E-state index >= 15 is 0 Å². The number of nitrogens with two attached hydrogens (primary N) is 1. The standard InChI is InChI=1S/C25H24N6O3/c1-34-22(32)10-13-29-25(33)19-6-7-21-20(14-19)30-24(18-4-2-17(3-5-18)23(26)27)31(21)15-16-8-11-28-12-9-16/h2-9,11-12,14H,10,13,15H2,1H3,(H3,26,27)(H,29,33). The van der Waals surface area contributed by atoms with Gasteiger partial charge in [-0.1, -0.05) is 24.3 Å². The number of nitrogens with zero attached hydrogens (tertiary/aromatic N) is 3. The number of hydrogen-bond donors (Lipinski definition) is 3. The summed E-state index contributed by atoms with van der Waals surface area (Å²) < 4.78 is 6.67. The molecule has 4 N–H and O–H groups in total. The number of methoxy groups -OCH3 is 1. The van der Waals surface area contributed by atoms with E-state index in [4.69, 9.17) is 16.1 Å². The Labute approximate surface area is 196 Å². The summed E-state index contributed by atoms with van der Waals surface area (Å²) >= 11 is 0. The van der Waals surface area contributed by atoms with Gasteiger partial charge in [-0.3, -0.25) is 20.0 Å². The fourth-order valence-corrected chi connectivity index (χ4v) is 3.60. The summed E-state index contributed by atoms with van der Waals surface area (Å²) in [7, 11) is 1.31. The maximum Gasteiger partial charge on any atom is 0.307 e. The average molecular weight is 457 g/mol. The number of amidine groups is 1. The molecule has 34 heavy (non-hydrogen) atoms. The Morgan fingerprint density at radius 3 is 2.44 bits per heavy atom. The lowest BCUT2D eigenvalue weighted by atomic mass is 10.1. The summed E-state index contributed by atoms with van der Waals surface area (Å²) in [5.41, 5.74) is 10.1. The van der Waals surface area contributed by atoms with E-state index in [0.717, 1.165) is 22.5 Å². The number of nitrogen functional groups attached to an aromatic ring is 1. The van der Waals surface area contributed by atoms with E-state index in [-0.39, 0.29) is 30.7 Å². The van der Waals surface area contributed by atoms with Gasteiger partial charge in [0, 0.05) is 42.2 Å². The number of esters is 1. The number of rotatable bonds is 8. The minimum absolute atomic E-state index is 0.000285. The number of carbonyl (C=O) groups excluding carboxylic acids is 2. The van der Waals surface area contributed by atoms with Gasteiger partial charge in [-0.25, -0.2) is 4.98 Å². The van der Waals surface area contributed by atoms with E-state index in [1.807, 2.05) is 30.3 Å². The van der Waals surface area contributed by atoms with Gasteiger partial charge < -0.3 is 20.4 Å². The number of amides is 1. The molecule has 0 radical (unpaired) electrons. The Morgan fingerprint density at radius 2 is 1.76 bits per heavy atom. The van der Waals surface area contributed by atoms with Gasteiger partial charge >= 0.3 is 5.97 Å². The molecule has 172 valence electrons. The van der Waals surface area contributed by atoms with Crippen molar-refractivity contribution in [2.75, 3.05) is 13.7 Å². The number of ether oxygens (including phenoxy) is 1. The zero-order chi connectivity index (χ0) is 24.1. The monoisotopic (exact) mass is 456 g/mol. The van der Waals surface area contributed by atoms with Crippen LogP contribution in [0.3, 0.4) is 0 Å². The van der Waals surface area contributed by atoms with Gasteiger partial charge in [-0.05, 0) is 35.9 Å². The summed E-state index contributed by atoms with van der Waals surface area (Å²) in [5.74, 6) is 0.0535. The van der Waals surface area contributed by atoms with E-state index < -0.39 is 0 Å². The zero-order valence-corrected chi connectivity index (χ0v) is 18.6. The summed E-state index contributed by atoms with van der Waals surface area (Å²) in [5, 5.41) is 10.3. The van der Waals surface area contributed by atoms with E-state index in [1.54, 1.807) is 36.7 Å². The van der Waals surface area contributed by atoms with Crippen molar-refractivity contribution in [3.8, 4) is 11.4 Å². The molecule has 0 aliphatic heterocycles. The third-order valence-corrected chi connectivity index (χ3v) is 5.40. The molecule has 0 aliphatic rings. The molecule has 0 aliphatic carbocycles. The van der Waals surface area contributed by atoms with Crippen molar-refractivity contribution in [3.63, 3.8) is 0 Å². The molecule has 2 heterocycles. The summed E-state index contributed by atoms with van der Waals surface area (Å²) in [4.78, 5) is 32.8. The van der Waals surface area contributed by atoms with Crippen molar-refractivity contribution in [1.82, 2.24) is 19.9 Å². The van der Waals surface area contributed by atoms with Crippen LogP contribution >= 0.6 is 0 Å². The lowest BCUT2D eigenvalue weighted by Crippen LogP contribution is -2.26. The van der Waals surface area contributed by atoms with Gasteiger partial charge in [0.05, 0.1) is 24.6 Å². The number of nitrogens with one attached hydrogen (secondary N) is 2. The second kappa shape index (κ2) is 9.95. The maximum absolute atomic E-state index is 12.6. The molecule has 0 saturated heterocycles. The highest BCUT2D eigenvalue weighted by Crippen LogP contribution is 2.27. The molecular weight excluding hydrogens is 432 g/mol. The second-order valence-electron chi connectivity index (χ2n) is 7.65. The van der Waals surface area contributed by atoms with Gasteiger partial charge in [0.1, 0.15) is 11.7 Å². The van der Waals surface area contributed by atoms with Crippen molar-refractivity contribution in [2.45, 2.75) is 13.0 Å². The predicted octanol–water partition coefficient (Wildman–Crippen LogP) is 2.72. The smallest absolute Gasteiger partial charge is 0.307 e. The second-order valence-corrected chi connectivity index (χ2v) is 7.65. The number of fused-ring (bicyclic) bond motifs is 1. The maximum atomic E-state index is 12.6. The SMILES string of the molecule is COC(=O)CCNC(=O)c1ccc2c(c1)nc(-c1ccc(C(=N)N)cc1)n2Cc1ccncc1. The number of carbonyl (C=O) groups is 2. The quantitative estimate of drug-likeness (QED) is 0.212. The van der Waals surface area contributed by atoms with Crippen LogP contribution in [0.1, 0.15) is 27.9 Å². The van der Waals surface area contributed by atoms with Crippen LogP contribution in [0.2, 0.25) is 0 Å². The van der Waals surface area contributed by atoms with Crippen LogP contribution in [-0.2, 0) is 16.1 Å². The normalized spacial score (nSPS) is 10.7. The van der Waals surface area contributed by atoms with Gasteiger partial charge in [0.15, 0.2) is 0 Å². The third kappa shape index (κ3) is 4.93. The molecule has 0 spiro atoms. The molecule has 1 amide bonds. The minimum atomic E-state index is -0.383. The van der Waals surface area contributed by atoms with Crippen molar-refractivity contribution < 1.29 is 14.3 Å². The molecule has 0 bridgehead atoms. The van der Waals surface area contributed by atoms with Crippen LogP contribution in [0.5, 0.6) is 0 Å². The first-order valence-corrected chi connectivity index (χ1v) is 10.7. The van der Waals surface area contributed by atoms with Crippen LogP contribution in [0, 0.1) is 5.41 Å². The first kappa shape index (κ1) is 22.7. The molecule has 4 rings (SSSR count). The number of imidazole rings is 1. The highest BCUT2D eigenvalue weighted by atomic mass is 16.5. The molecule has 2 aromatic carbocycles. The summed E-state index contributed by atoms with van der Waals surface area (Å²) in [6, 6.07) is 16.6. The van der Waals surface area contributed by atoms with Gasteiger partial charge in [-0.2, -0.15) is 0 Å². The highest BCUT2D eigenvalue weighted by molar-refractivity contribution is 5.98. The fourth-order valence-electron chi connectivity index (χ4n) is 3.60. The topological polar surface area (TPSA) is 136 Å². The highest BCUT2D eigenvalue weighted by Gasteiger charge is 2.16. The predicted molar refractivity (Wildman–Crippen MR) is 128 cm³/mol. The number of pyridine rings is 1. The zero-order valence-electron chi connectivity index (χ0n) is 18.6. The Bertz CT molecular complexity index is 1350. The summed E-state index contributed by atoms with van der Waals surface area (Å²) in [6.45, 7) is 0.751. The van der Waals surface area contributed by atoms with Gasteiger partial charge in [0.2, 0.25) is 0 Å². The van der Waals surface area contributed by atoms with Gasteiger partial charge in [-0.15, -0.1) is 0 Å². The van der Waals surface area contributed by atoms with Crippen molar-refractivity contribution in [1.29, 1.82) is 5.41 Å². The molecule has 0 atom stereocenters. The van der Waals surface area contributed by atoms with E-state index in [2.05, 4.69) is 19.6 Å². The van der Waals surface area contributed by atoms with E-state index in [9.17, 15) is 9.59 Å². The van der Waals surface area contributed by atoms with Crippen LogP contribution < -0.4 is 11.1 Å². The number of benzene rings is 2. The lowest BCUT2D eigenvalue weighted by molar-refractivity contribution is -0.140. The Kier molecular flexibility index (Phi) is 6.63. The Hall–Kier alpha value is -4.53. The molecule has 0 unspecified atom stereocenters. The number of hydrogen-bond acceptors (Lipinski definition) is 6. The van der Waals surface area contributed by atoms with Crippen LogP contribution in [0.15, 0.2) is 67.0 Å². The molecule has 0 fully saturated rings. The van der Waals surface area contributed by atoms with E-state index in [1.165, 1.54) is 7.11 Å². The van der Waals surface area contributed by atoms with E-state index in [0.29, 0.717) is 23.2 Å². The third-order valence-electron chi connectivity index (χ3n) is 5.40. The molecule has 0 saturated carbocycles. The molecule has 9 nitrogen and oxygen atoms in total. The van der Waals surface area contributed by atoms with Crippen molar-refractivity contribution in [2.24, 2.45) is 5.73 Å². The fraction of sp³-hybridized carbons (Fsp3) is 0.160. The first-order chi connectivity index (χ1) is 16.5. The molecular formula is C25H24N6O3. The summed E-state index contributed by atoms with van der Waals surface area (Å²) in [6.07, 6.45) is 3.59. The lowest BCUT2D eigenvalue weighted by Gasteiger charge is -2.10. The average Bonchev–Trinajstić information content (AvgIpc) is 3.22. The van der Waals surface area contributed by atoms with Crippen LogP contribution in [-0.4, -0.2) is 45.9 Å². The Morgan fingerprint density at radius 1 is 1.06 bits per heavy atom. The molecule has 4 aromatic rings. The first-order valence-electron chi connectivity index (χ1n) is 10.7. The molecule has 9 heteroatoms. The molecule has 2 aromatic heterocycles. The van der Waals surface area contributed by atoms with Crippen molar-refractivity contribution in [3.05, 3.63) is 83.7 Å².